The predicted molar refractivity (Wildman–Crippen MR) is 124 cm³/mol. The van der Waals surface area contributed by atoms with Gasteiger partial charge in [-0.25, -0.2) is 4.79 Å². The van der Waals surface area contributed by atoms with Gasteiger partial charge in [0, 0.05) is 24.8 Å². The van der Waals surface area contributed by atoms with Gasteiger partial charge in [-0.05, 0) is 36.1 Å². The molecule has 0 atom stereocenters. The Morgan fingerprint density at radius 3 is 2.56 bits per heavy atom. The normalized spacial score (nSPS) is 12.2. The van der Waals surface area contributed by atoms with Crippen molar-refractivity contribution in [2.45, 2.75) is 53.0 Å². The molecule has 7 nitrogen and oxygen atoms in total. The van der Waals surface area contributed by atoms with Crippen LogP contribution in [0.3, 0.4) is 0 Å². The molecule has 0 aliphatic heterocycles. The van der Waals surface area contributed by atoms with Crippen molar-refractivity contribution < 1.29 is 13.2 Å². The Labute approximate surface area is 193 Å². The number of hydrogen-bond donors (Lipinski definition) is 1. The van der Waals surface area contributed by atoms with Crippen molar-refractivity contribution in [3.05, 3.63) is 74.7 Å². The number of nitrogens with zero attached hydrogens (tertiary/aromatic N) is 4. The largest absolute Gasteiger partial charge is 0.416 e. The van der Waals surface area contributed by atoms with Gasteiger partial charge in [-0.3, -0.25) is 18.6 Å². The molecule has 1 aromatic carbocycles. The topological polar surface area (TPSA) is 77.6 Å². The summed E-state index contributed by atoms with van der Waals surface area (Å²) in [5.41, 5.74) is 1.19. The smallest absolute Gasteiger partial charge is 0.349 e. The van der Waals surface area contributed by atoms with Gasteiger partial charge >= 0.3 is 11.9 Å². The molecule has 34 heavy (non-hydrogen) atoms. The number of aromatic amines is 1. The molecule has 0 unspecified atom stereocenters. The molecule has 0 aliphatic rings. The van der Waals surface area contributed by atoms with Crippen LogP contribution in [0.2, 0.25) is 0 Å². The maximum atomic E-state index is 13.0. The van der Waals surface area contributed by atoms with E-state index in [9.17, 15) is 22.8 Å². The molecular weight excluding hydrogens is 447 g/mol. The Hall–Kier alpha value is -3.56. The van der Waals surface area contributed by atoms with Crippen molar-refractivity contribution in [1.82, 2.24) is 23.9 Å². The number of benzene rings is 1. The molecule has 4 rings (SSSR count). The van der Waals surface area contributed by atoms with Crippen molar-refractivity contribution in [1.29, 1.82) is 0 Å². The summed E-state index contributed by atoms with van der Waals surface area (Å²) in [6, 6.07) is 6.87. The third kappa shape index (κ3) is 4.57. The van der Waals surface area contributed by atoms with Crippen LogP contribution in [0.1, 0.15) is 38.3 Å². The van der Waals surface area contributed by atoms with E-state index >= 15 is 0 Å². The first-order valence-electron chi connectivity index (χ1n) is 11.1. The average Bonchev–Trinajstić information content (AvgIpc) is 3.41. The first kappa shape index (κ1) is 23.6. The molecule has 0 radical (unpaired) electrons. The van der Waals surface area contributed by atoms with Gasteiger partial charge < -0.3 is 4.98 Å². The van der Waals surface area contributed by atoms with Crippen LogP contribution in [-0.2, 0) is 25.8 Å². The van der Waals surface area contributed by atoms with Crippen molar-refractivity contribution in [3.63, 3.8) is 0 Å². The molecule has 3 aromatic heterocycles. The van der Waals surface area contributed by atoms with Crippen LogP contribution in [-0.4, -0.2) is 23.9 Å². The Bertz CT molecular complexity index is 1440. The summed E-state index contributed by atoms with van der Waals surface area (Å²) in [4.78, 5) is 29.1. The Morgan fingerprint density at radius 1 is 1.12 bits per heavy atom. The third-order valence-electron chi connectivity index (χ3n) is 5.55. The van der Waals surface area contributed by atoms with E-state index in [0.717, 1.165) is 12.1 Å². The predicted octanol–water partition coefficient (Wildman–Crippen LogP) is 4.49. The van der Waals surface area contributed by atoms with E-state index in [1.54, 1.807) is 29.1 Å². The van der Waals surface area contributed by atoms with Crippen LogP contribution in [0.15, 0.2) is 52.3 Å². The second kappa shape index (κ2) is 9.00. The van der Waals surface area contributed by atoms with Crippen molar-refractivity contribution in [2.24, 2.45) is 5.92 Å². The third-order valence-corrected chi connectivity index (χ3v) is 5.55. The fourth-order valence-corrected chi connectivity index (χ4v) is 4.03. The van der Waals surface area contributed by atoms with Gasteiger partial charge in [0.1, 0.15) is 5.52 Å². The lowest BCUT2D eigenvalue weighted by atomic mass is 10.1. The standard InChI is InChI=1S/C24H26F3N5O2/c1-4-8-31-22(33)21-20(32(23(31)34)12-15(2)3)10-19(29-21)17-11-28-30(14-17)13-16-6-5-7-18(9-16)24(25,26)27/h5-7,9-11,14-15,29H,4,8,12-13H2,1-3H3. The molecule has 0 saturated heterocycles. The van der Waals surface area contributed by atoms with E-state index in [4.69, 9.17) is 0 Å². The van der Waals surface area contributed by atoms with Crippen LogP contribution in [0.4, 0.5) is 13.2 Å². The van der Waals surface area contributed by atoms with Gasteiger partial charge in [-0.15, -0.1) is 0 Å². The van der Waals surface area contributed by atoms with Gasteiger partial charge in [0.25, 0.3) is 5.56 Å². The number of alkyl halides is 3. The zero-order valence-electron chi connectivity index (χ0n) is 19.2. The minimum Gasteiger partial charge on any atom is -0.349 e. The number of fused-ring (bicyclic) bond motifs is 1. The van der Waals surface area contributed by atoms with Crippen LogP contribution >= 0.6 is 0 Å². The van der Waals surface area contributed by atoms with Crippen LogP contribution < -0.4 is 11.2 Å². The Morgan fingerprint density at radius 2 is 1.88 bits per heavy atom. The van der Waals surface area contributed by atoms with E-state index in [0.29, 0.717) is 47.4 Å². The molecule has 3 heterocycles. The van der Waals surface area contributed by atoms with Crippen molar-refractivity contribution >= 4 is 11.0 Å². The molecule has 10 heteroatoms. The number of H-pyrrole nitrogens is 1. The van der Waals surface area contributed by atoms with E-state index < -0.39 is 11.7 Å². The summed E-state index contributed by atoms with van der Waals surface area (Å²) in [5.74, 6) is 0.196. The summed E-state index contributed by atoms with van der Waals surface area (Å²) < 4.78 is 43.4. The minimum absolute atomic E-state index is 0.158. The lowest BCUT2D eigenvalue weighted by molar-refractivity contribution is -0.137. The summed E-state index contributed by atoms with van der Waals surface area (Å²) >= 11 is 0. The van der Waals surface area contributed by atoms with Crippen LogP contribution in [0.25, 0.3) is 22.3 Å². The quantitative estimate of drug-likeness (QED) is 0.430. The lowest BCUT2D eigenvalue weighted by Crippen LogP contribution is -2.40. The average molecular weight is 473 g/mol. The van der Waals surface area contributed by atoms with Gasteiger partial charge in [-0.1, -0.05) is 32.9 Å². The number of halogens is 3. The first-order valence-corrected chi connectivity index (χ1v) is 11.1. The van der Waals surface area contributed by atoms with Crippen molar-refractivity contribution in [3.8, 4) is 11.3 Å². The van der Waals surface area contributed by atoms with E-state index in [1.807, 2.05) is 20.8 Å². The molecule has 1 N–H and O–H groups in total. The summed E-state index contributed by atoms with van der Waals surface area (Å²) in [7, 11) is 0. The second-order valence-electron chi connectivity index (χ2n) is 8.81. The fraction of sp³-hybridized carbons (Fsp3) is 0.375. The Balaban J connectivity index is 1.72. The molecular formula is C24H26F3N5O2. The van der Waals surface area contributed by atoms with Gasteiger partial charge in [0.2, 0.25) is 0 Å². The number of aromatic nitrogens is 5. The molecule has 0 bridgehead atoms. The summed E-state index contributed by atoms with van der Waals surface area (Å²) in [6.07, 6.45) is -0.488. The molecule has 0 fully saturated rings. The highest BCUT2D eigenvalue weighted by molar-refractivity contribution is 5.82. The van der Waals surface area contributed by atoms with Gasteiger partial charge in [0.15, 0.2) is 0 Å². The number of nitrogens with one attached hydrogen (secondary N) is 1. The highest BCUT2D eigenvalue weighted by atomic mass is 19.4. The lowest BCUT2D eigenvalue weighted by Gasteiger charge is -2.13. The maximum absolute atomic E-state index is 13.0. The van der Waals surface area contributed by atoms with Crippen LogP contribution in [0.5, 0.6) is 0 Å². The zero-order chi connectivity index (χ0) is 24.6. The molecule has 0 amide bonds. The van der Waals surface area contributed by atoms with E-state index in [-0.39, 0.29) is 23.7 Å². The minimum atomic E-state index is -4.41. The molecule has 4 aromatic rings. The van der Waals surface area contributed by atoms with Gasteiger partial charge in [-0.2, -0.15) is 18.3 Å². The number of rotatable bonds is 7. The SMILES string of the molecule is CCCn1c(=O)c2[nH]c(-c3cnn(Cc4cccc(C(F)(F)F)c4)c3)cc2n(CC(C)C)c1=O. The summed E-state index contributed by atoms with van der Waals surface area (Å²) in [5, 5.41) is 4.27. The molecule has 180 valence electrons. The maximum Gasteiger partial charge on any atom is 0.416 e. The monoisotopic (exact) mass is 473 g/mol. The van der Waals surface area contributed by atoms with Crippen LogP contribution in [0, 0.1) is 5.92 Å². The molecule has 0 aliphatic carbocycles. The fourth-order valence-electron chi connectivity index (χ4n) is 4.03. The molecule has 0 spiro atoms. The number of hydrogen-bond acceptors (Lipinski definition) is 3. The highest BCUT2D eigenvalue weighted by Gasteiger charge is 2.30. The van der Waals surface area contributed by atoms with Crippen molar-refractivity contribution in [2.75, 3.05) is 0 Å². The zero-order valence-corrected chi connectivity index (χ0v) is 19.2. The van der Waals surface area contributed by atoms with E-state index in [2.05, 4.69) is 10.1 Å². The summed E-state index contributed by atoms with van der Waals surface area (Å²) in [6.45, 7) is 6.85. The molecule has 0 saturated carbocycles. The Kier molecular flexibility index (Phi) is 6.24. The second-order valence-corrected chi connectivity index (χ2v) is 8.81. The van der Waals surface area contributed by atoms with E-state index in [1.165, 1.54) is 15.3 Å². The highest BCUT2D eigenvalue weighted by Crippen LogP contribution is 2.30. The van der Waals surface area contributed by atoms with Gasteiger partial charge in [0.05, 0.1) is 29.5 Å². The first-order chi connectivity index (χ1) is 16.1.